The summed E-state index contributed by atoms with van der Waals surface area (Å²) in [5, 5.41) is 0. The molecule has 8 heterocycles. The van der Waals surface area contributed by atoms with Gasteiger partial charge in [0.05, 0.1) is 44.2 Å². The zero-order valence-electron chi connectivity index (χ0n) is 69.7. The molecule has 0 bridgehead atoms. The summed E-state index contributed by atoms with van der Waals surface area (Å²) in [7, 11) is 2.21. The molecule has 8 aliphatic heterocycles. The van der Waals surface area contributed by atoms with Crippen LogP contribution in [0.4, 0.5) is 17.1 Å². The van der Waals surface area contributed by atoms with Crippen LogP contribution < -0.4 is 14.7 Å². The lowest BCUT2D eigenvalue weighted by Crippen LogP contribution is -2.49. The molecule has 5 unspecified atom stereocenters. The zero-order chi connectivity index (χ0) is 74.2. The van der Waals surface area contributed by atoms with Gasteiger partial charge >= 0.3 is 0 Å². The number of para-hydroxylation sites is 3. The maximum absolute atomic E-state index is 5.82. The van der Waals surface area contributed by atoms with Gasteiger partial charge in [0.15, 0.2) is 0 Å². The van der Waals surface area contributed by atoms with Gasteiger partial charge < -0.3 is 43.3 Å². The molecule has 9 aliphatic rings. The fourth-order valence-electron chi connectivity index (χ4n) is 15.0. The first-order valence-electron chi connectivity index (χ1n) is 41.9. The van der Waals surface area contributed by atoms with Crippen molar-refractivity contribution < 1.29 is 23.7 Å². The number of anilines is 3. The van der Waals surface area contributed by atoms with Crippen LogP contribution in [0.1, 0.15) is 298 Å². The highest BCUT2D eigenvalue weighted by molar-refractivity contribution is 7.99. The van der Waals surface area contributed by atoms with Crippen molar-refractivity contribution in [2.75, 3.05) is 138 Å². The molecular formula is C91H162N4O5S. The lowest BCUT2D eigenvalue weighted by molar-refractivity contribution is -0.148. The minimum absolute atomic E-state index is 0.00174. The normalized spacial score (nSPS) is 27.7. The molecule has 3 aromatic carbocycles. The van der Waals surface area contributed by atoms with E-state index in [4.69, 9.17) is 23.7 Å². The highest BCUT2D eigenvalue weighted by atomic mass is 32.2. The standard InChI is InChI=1S/C14H21N.C13H19NO.C13H19N.C13H26.C8H17N.C8H16O.C8H16S.C7H14O2.C7H14O/c1-3-14(2)9-11-15(12-10-14)13-7-5-4-6-8-13;1-3-13(2)11-14(9-10-15-13)12-7-5-4-6-8-12;1-3-13(2)9-10-14(11-13)12-7-5-4-6-8-12;1-3-4-5-6-7-10-13(2)11-8-9-12-13;1-4-8(2)5-6-9(3)7-8;2*1-3-8(2)4-6-9-7-5-8;1-3-7(2)6-8-4-5-9-7;1-3-7(2)4-5-8-6-7/h4-8H,3,9-12H2,1-2H3;4-8H,3,9-11H2,1-2H3;4-8H,3,9-11H2,1-2H3;3-12H2,1-2H3;4-7H2,1-3H3;2*3-7H2,1-2H3;3-6H2,1-2H3;3-6H2,1-2H3. The summed E-state index contributed by atoms with van der Waals surface area (Å²) in [4.78, 5) is 9.84. The molecule has 1 saturated carbocycles. The number of hydrogen-bond donors (Lipinski definition) is 0. The van der Waals surface area contributed by atoms with Crippen LogP contribution in [-0.4, -0.2) is 140 Å². The Labute approximate surface area is 630 Å². The topological polar surface area (TPSA) is 59.1 Å². The van der Waals surface area contributed by atoms with E-state index in [2.05, 4.69) is 254 Å². The van der Waals surface area contributed by atoms with Crippen LogP contribution in [0.2, 0.25) is 0 Å². The number of rotatable bonds is 17. The van der Waals surface area contributed by atoms with Gasteiger partial charge in [-0.15, -0.1) is 0 Å². The van der Waals surface area contributed by atoms with Crippen molar-refractivity contribution in [3.63, 3.8) is 0 Å². The van der Waals surface area contributed by atoms with Gasteiger partial charge in [0.1, 0.15) is 0 Å². The van der Waals surface area contributed by atoms with E-state index < -0.39 is 0 Å². The monoisotopic (exact) mass is 1420 g/mol. The van der Waals surface area contributed by atoms with E-state index in [1.165, 1.54) is 228 Å². The Kier molecular flexibility index (Phi) is 42.2. The molecule has 1 aliphatic carbocycles. The molecule has 101 heavy (non-hydrogen) atoms. The largest absolute Gasteiger partial charge is 0.381 e. The van der Waals surface area contributed by atoms with Crippen molar-refractivity contribution in [1.82, 2.24) is 4.90 Å². The van der Waals surface area contributed by atoms with Gasteiger partial charge in [0.25, 0.3) is 0 Å². The Morgan fingerprint density at radius 1 is 0.327 bits per heavy atom. The number of hydrogen-bond acceptors (Lipinski definition) is 10. The number of nitrogens with zero attached hydrogens (tertiary/aromatic N) is 4. The first-order chi connectivity index (χ1) is 48.2. The Morgan fingerprint density at radius 2 is 0.743 bits per heavy atom. The molecule has 3 aromatic rings. The lowest BCUT2D eigenvalue weighted by atomic mass is 9.78. The van der Waals surface area contributed by atoms with Gasteiger partial charge in [-0.25, -0.2) is 0 Å². The third-order valence-electron chi connectivity index (χ3n) is 26.1. The Bertz CT molecular complexity index is 2430. The van der Waals surface area contributed by atoms with Gasteiger partial charge in [-0.2, -0.15) is 11.8 Å². The van der Waals surface area contributed by atoms with Crippen molar-refractivity contribution in [2.45, 2.75) is 309 Å². The first-order valence-corrected chi connectivity index (χ1v) is 43.0. The average molecular weight is 1420 g/mol. The number of unbranched alkanes of at least 4 members (excludes halogenated alkanes) is 4. The number of morpholine rings is 1. The molecule has 10 heteroatoms. The SMILES string of the molecule is CCC1(C)CCN(C)C1.CCC1(C)CCN(c2ccccc2)C1.CCC1(C)CCN(c2ccccc2)CC1.CCC1(C)CCOC1.CCC1(C)CCOCC1.CCC1(C)CCSCC1.CCC1(C)CN(c2ccccc2)CCO1.CCC1(C)COCCO1.CCCCCCCC1(C)CCCC1. The summed E-state index contributed by atoms with van der Waals surface area (Å²) in [6.45, 7) is 57.8. The van der Waals surface area contributed by atoms with Gasteiger partial charge in [-0.1, -0.05) is 230 Å². The van der Waals surface area contributed by atoms with Crippen LogP contribution >= 0.6 is 11.8 Å². The second-order valence-electron chi connectivity index (χ2n) is 35.1. The first kappa shape index (κ1) is 90.6. The highest BCUT2D eigenvalue weighted by Crippen LogP contribution is 2.43. The van der Waals surface area contributed by atoms with E-state index in [-0.39, 0.29) is 11.2 Å². The van der Waals surface area contributed by atoms with E-state index in [9.17, 15) is 0 Å². The fourth-order valence-corrected chi connectivity index (χ4v) is 16.4. The minimum Gasteiger partial charge on any atom is -0.381 e. The quantitative estimate of drug-likeness (QED) is 0.122. The van der Waals surface area contributed by atoms with Crippen LogP contribution in [0.3, 0.4) is 0 Å². The summed E-state index contributed by atoms with van der Waals surface area (Å²) in [6, 6.07) is 32.1. The molecular weight excluding hydrogens is 1260 g/mol. The molecule has 0 amide bonds. The van der Waals surface area contributed by atoms with Gasteiger partial charge in [-0.3, -0.25) is 0 Å². The number of ether oxygens (including phenoxy) is 5. The second-order valence-corrected chi connectivity index (χ2v) is 36.4. The van der Waals surface area contributed by atoms with Crippen molar-refractivity contribution >= 4 is 28.8 Å². The lowest BCUT2D eigenvalue weighted by Gasteiger charge is -2.41. The van der Waals surface area contributed by atoms with Crippen LogP contribution in [0.5, 0.6) is 0 Å². The number of piperidine rings is 1. The van der Waals surface area contributed by atoms with Gasteiger partial charge in [-0.05, 0) is 222 Å². The maximum atomic E-state index is 5.82. The summed E-state index contributed by atoms with van der Waals surface area (Å²) in [5.41, 5.74) is 8.40. The molecule has 8 saturated heterocycles. The van der Waals surface area contributed by atoms with Crippen molar-refractivity contribution in [3.8, 4) is 0 Å². The van der Waals surface area contributed by atoms with Crippen molar-refractivity contribution in [1.29, 1.82) is 0 Å². The molecule has 0 N–H and O–H groups in total. The molecule has 5 atom stereocenters. The summed E-state index contributed by atoms with van der Waals surface area (Å²) in [5.74, 6) is 2.79. The van der Waals surface area contributed by atoms with Crippen LogP contribution in [0, 0.1) is 37.9 Å². The van der Waals surface area contributed by atoms with Crippen LogP contribution in [0.25, 0.3) is 0 Å². The predicted molar refractivity (Wildman–Crippen MR) is 444 cm³/mol. The predicted octanol–water partition coefficient (Wildman–Crippen LogP) is 24.5. The Balaban J connectivity index is 0.000000243. The van der Waals surface area contributed by atoms with Gasteiger partial charge in [0.2, 0.25) is 0 Å². The summed E-state index contributed by atoms with van der Waals surface area (Å²) >= 11 is 2.11. The average Bonchev–Trinajstić information content (AvgIpc) is 1.23. The number of benzene rings is 3. The van der Waals surface area contributed by atoms with E-state index in [0.29, 0.717) is 32.5 Å². The summed E-state index contributed by atoms with van der Waals surface area (Å²) in [6.07, 6.45) is 36.7. The van der Waals surface area contributed by atoms with Crippen molar-refractivity contribution in [2.24, 2.45) is 37.9 Å². The molecule has 9 nitrogen and oxygen atoms in total. The van der Waals surface area contributed by atoms with E-state index >= 15 is 0 Å². The molecule has 9 fully saturated rings. The smallest absolute Gasteiger partial charge is 0.0885 e. The minimum atomic E-state index is -0.00174. The summed E-state index contributed by atoms with van der Waals surface area (Å²) < 4.78 is 27.1. The Hall–Kier alpha value is -2.83. The zero-order valence-corrected chi connectivity index (χ0v) is 70.5. The third kappa shape index (κ3) is 34.7. The molecule has 0 aromatic heterocycles. The highest BCUT2D eigenvalue weighted by Gasteiger charge is 2.35. The van der Waals surface area contributed by atoms with E-state index in [1.807, 2.05) is 0 Å². The molecule has 12 rings (SSSR count). The maximum Gasteiger partial charge on any atom is 0.0885 e. The number of thioether (sulfide) groups is 1. The fraction of sp³-hybridized carbons (Fsp3) is 0.802. The van der Waals surface area contributed by atoms with E-state index in [1.54, 1.807) is 0 Å². The Morgan fingerprint density at radius 3 is 1.14 bits per heavy atom. The third-order valence-corrected chi connectivity index (χ3v) is 27.1. The molecule has 0 radical (unpaired) electrons. The molecule has 0 spiro atoms. The van der Waals surface area contributed by atoms with E-state index in [0.717, 1.165) is 84.2 Å². The van der Waals surface area contributed by atoms with Crippen LogP contribution in [0.15, 0.2) is 91.0 Å². The van der Waals surface area contributed by atoms with Crippen LogP contribution in [-0.2, 0) is 23.7 Å². The molecule has 582 valence electrons. The second kappa shape index (κ2) is 47.1. The van der Waals surface area contributed by atoms with Crippen molar-refractivity contribution in [3.05, 3.63) is 91.0 Å². The number of likely N-dealkylation sites (tertiary alicyclic amines) is 1. The van der Waals surface area contributed by atoms with Gasteiger partial charge in [0, 0.05) is 82.7 Å².